The number of pyridine rings is 7. The van der Waals surface area contributed by atoms with E-state index >= 15 is 0 Å². The van der Waals surface area contributed by atoms with Gasteiger partial charge in [0, 0.05) is 183 Å². The van der Waals surface area contributed by atoms with Gasteiger partial charge in [-0.05, 0) is 313 Å². The first-order valence-electron chi connectivity index (χ1n) is 46.8. The molecule has 6 aromatic carbocycles. The van der Waals surface area contributed by atoms with Gasteiger partial charge in [-0.25, -0.2) is 44.3 Å². The number of hydrogen-bond donors (Lipinski definition) is 2. The molecule has 0 aliphatic heterocycles. The van der Waals surface area contributed by atoms with Crippen LogP contribution in [0.5, 0.6) is 0 Å². The average molecular weight is 2090 g/mol. The van der Waals surface area contributed by atoms with E-state index in [-0.39, 0.29) is 13.2 Å². The summed E-state index contributed by atoms with van der Waals surface area (Å²) >= 11 is 26.9. The largest absolute Gasteiger partial charge is 0.479 e. The number of aromatic amines is 1. The van der Waals surface area contributed by atoms with Crippen LogP contribution in [0.1, 0.15) is 163 Å². The van der Waals surface area contributed by atoms with Crippen LogP contribution in [0.15, 0.2) is 223 Å². The van der Waals surface area contributed by atoms with Gasteiger partial charge in [-0.15, -0.1) is 34.0 Å². The fourth-order valence-corrected chi connectivity index (χ4v) is 21.8. The van der Waals surface area contributed by atoms with Crippen LogP contribution in [0.2, 0.25) is 15.1 Å². The van der Waals surface area contributed by atoms with Crippen molar-refractivity contribution in [3.05, 3.63) is 300 Å². The van der Waals surface area contributed by atoms with Crippen molar-refractivity contribution in [2.75, 3.05) is 13.2 Å². The topological polar surface area (TPSA) is 272 Å². The minimum atomic E-state index is -1.17. The van der Waals surface area contributed by atoms with Crippen LogP contribution >= 0.6 is 84.7 Å². The van der Waals surface area contributed by atoms with Gasteiger partial charge >= 0.3 is 17.9 Å². The Balaban J connectivity index is 0.000000139. The van der Waals surface area contributed by atoms with Crippen molar-refractivity contribution < 1.29 is 43.2 Å². The van der Waals surface area contributed by atoms with Crippen molar-refractivity contribution in [3.8, 4) is 98.9 Å². The minimum Gasteiger partial charge on any atom is -0.479 e. The monoisotopic (exact) mass is 2080 g/mol. The third-order valence-electron chi connectivity index (χ3n) is 24.2. The SMILES string of the molecule is CC1=Cc2cc(Br)cnc2C1.CCOC(=O)[C@@H](OC(C)(C)C)c1c(C)cc2nc(-c3ccnc(-c4cnc5[nH]c(C)cc5c4)c3)sc2c1-c1ccc(Cl)cc1.CCOC(=O)[C@@H](OC(C)(C)C)c1c(C)cc2nc(-c3ccnc(-c4cnc5c(c4)cc(C)n5C)c3)sc2c1-c1ccc(Cl)cc1.Cc1cc2nc(-c3ccnc(-c4cnc5c(c4)cc(C)n5C)c3)sc2c(-c2ccc(Cl)cc2)c1[C@H](OC(C)(C)C)C(=O)O. The number of allylic oxidation sites excluding steroid dienone is 1. The van der Waals surface area contributed by atoms with Gasteiger partial charge in [-0.2, -0.15) is 0 Å². The highest BCUT2D eigenvalue weighted by Crippen LogP contribution is 2.50. The summed E-state index contributed by atoms with van der Waals surface area (Å²) in [6, 6.07) is 55.5. The highest BCUT2D eigenvalue weighted by molar-refractivity contribution is 9.10. The van der Waals surface area contributed by atoms with Crippen LogP contribution in [-0.2, 0) is 58.6 Å². The number of hydrogen-bond acceptors (Lipinski definition) is 21. The Hall–Kier alpha value is -13.0. The molecule has 0 bridgehead atoms. The van der Waals surface area contributed by atoms with E-state index in [1.807, 2.05) is 256 Å². The molecule has 3 atom stereocenters. The first kappa shape index (κ1) is 102. The van der Waals surface area contributed by atoms with E-state index in [9.17, 15) is 19.5 Å². The van der Waals surface area contributed by atoms with Crippen molar-refractivity contribution in [3.63, 3.8) is 0 Å². The smallest absolute Gasteiger partial charge is 0.339 e. The number of carbonyl (C=O) groups is 3. The van der Waals surface area contributed by atoms with Crippen LogP contribution in [0, 0.1) is 41.5 Å². The second-order valence-electron chi connectivity index (χ2n) is 38.5. The molecule has 0 radical (unpaired) electrons. The molecule has 0 saturated heterocycles. The number of carbonyl (C=O) groups excluding carboxylic acids is 2. The zero-order valence-corrected chi connectivity index (χ0v) is 89.3. The van der Waals surface area contributed by atoms with Crippen molar-refractivity contribution in [1.29, 1.82) is 0 Å². The van der Waals surface area contributed by atoms with Gasteiger partial charge in [0.2, 0.25) is 0 Å². The predicted molar refractivity (Wildman–Crippen MR) is 584 cm³/mol. The molecule has 19 aromatic rings. The summed E-state index contributed by atoms with van der Waals surface area (Å²) in [5.41, 5.74) is 28.5. The number of ether oxygens (including phenoxy) is 5. The number of aryl methyl sites for hydroxylation is 8. The summed E-state index contributed by atoms with van der Waals surface area (Å²) in [7, 11) is 4.03. The lowest BCUT2D eigenvalue weighted by Crippen LogP contribution is -2.29. The van der Waals surface area contributed by atoms with E-state index in [0.29, 0.717) is 20.6 Å². The number of nitrogens with zero attached hydrogens (tertiary/aromatic N) is 12. The summed E-state index contributed by atoms with van der Waals surface area (Å²) in [4.78, 5) is 90.2. The Morgan fingerprint density at radius 2 is 0.783 bits per heavy atom. The predicted octanol–water partition coefficient (Wildman–Crippen LogP) is 30.1. The van der Waals surface area contributed by atoms with E-state index in [1.54, 1.807) is 48.9 Å². The minimum absolute atomic E-state index is 0.252. The fraction of sp³-hybridized carbons (Fsp3) is 0.254. The fourth-order valence-electron chi connectivity index (χ4n) is 17.7. The molecule has 20 rings (SSSR count). The van der Waals surface area contributed by atoms with Crippen LogP contribution < -0.4 is 0 Å². The van der Waals surface area contributed by atoms with Crippen molar-refractivity contribution in [2.24, 2.45) is 14.1 Å². The van der Waals surface area contributed by atoms with Crippen LogP contribution in [0.3, 0.4) is 0 Å². The molecular weight excluding hydrogens is 1980 g/mol. The van der Waals surface area contributed by atoms with Crippen LogP contribution in [0.25, 0.3) is 169 Å². The number of H-pyrrole nitrogens is 1. The molecule has 0 saturated carbocycles. The molecule has 29 heteroatoms. The second-order valence-corrected chi connectivity index (χ2v) is 43.7. The highest BCUT2D eigenvalue weighted by atomic mass is 79.9. The zero-order valence-electron chi connectivity index (χ0n) is 83.0. The van der Waals surface area contributed by atoms with E-state index in [2.05, 4.69) is 135 Å². The molecule has 0 unspecified atom stereocenters. The van der Waals surface area contributed by atoms with Crippen LogP contribution in [0.4, 0.5) is 0 Å². The second kappa shape index (κ2) is 41.8. The number of benzene rings is 6. The van der Waals surface area contributed by atoms with Gasteiger partial charge in [-0.1, -0.05) is 82.9 Å². The molecular formula is C114H107BrCl3N13O9S3. The van der Waals surface area contributed by atoms with Gasteiger partial charge < -0.3 is 42.9 Å². The number of carboxylic acid groups (broad SMARTS) is 1. The number of aliphatic carboxylic acids is 1. The number of carboxylic acids is 1. The van der Waals surface area contributed by atoms with E-state index in [1.165, 1.54) is 28.2 Å². The molecule has 13 aromatic heterocycles. The third kappa shape index (κ3) is 22.5. The standard InChI is InChI=1S/C36H35ClN4O3S.C35H33ClN4O3S.C34H31ClN4O3S.C9H8BrN/c1-8-43-35(42)31(44-36(4,5)6)29-20(2)15-28-32(30(29)22-9-11-26(37)12-10-22)45-34(40-28)23-13-14-38-27(18-23)25-17-24-16-21(3)41(7)33(24)39-19-25;1-7-42-34(41)30(43-35(4,5)6)28-19(2)14-27-31(29(28)21-8-10-25(36)11-9-21)44-33(40-27)22-12-13-37-26(17-22)24-16-23-15-20(3)39-32(23)38-18-24;1-18-13-26-30(28(20-7-9-24(35)10-8-20)27(18)29(33(40)41)42-34(3,4)5)43-32(38-26)21-11-12-36-25(16-21)23-15-22-14-19(2)39(6)31(22)37-17-23;1-6-2-7-4-8(10)5-11-9(7)3-6/h9-19,31H,8H2,1-7H3;8-18,30H,7H2,1-6H3,(H,38,39);7-17,29H,1-6H3,(H,40,41);2,4-5H,3H2,1H3/t31-;30-;29-;/m000./s1. The Kier molecular flexibility index (Phi) is 29.7. The normalized spacial score (nSPS) is 12.8. The molecule has 1 aliphatic carbocycles. The third-order valence-corrected chi connectivity index (χ3v) is 28.8. The number of halogens is 4. The van der Waals surface area contributed by atoms with E-state index in [0.717, 1.165) is 218 Å². The Morgan fingerprint density at radius 3 is 1.15 bits per heavy atom. The summed E-state index contributed by atoms with van der Waals surface area (Å²) in [5, 5.41) is 17.9. The van der Waals surface area contributed by atoms with E-state index in [4.69, 9.17) is 78.4 Å². The number of aromatic nitrogens is 13. The molecule has 2 N–H and O–H groups in total. The zero-order chi connectivity index (χ0) is 102. The first-order valence-corrected chi connectivity index (χ1v) is 51.2. The van der Waals surface area contributed by atoms with Gasteiger partial charge in [0.25, 0.3) is 0 Å². The number of esters is 2. The number of thiazole rings is 3. The average Bonchev–Trinajstić information content (AvgIpc) is 1.67. The molecule has 13 heterocycles. The molecule has 1 aliphatic rings. The lowest BCUT2D eigenvalue weighted by atomic mass is 9.91. The molecule has 22 nitrogen and oxygen atoms in total. The lowest BCUT2D eigenvalue weighted by molar-refractivity contribution is -0.167. The number of rotatable bonds is 20. The lowest BCUT2D eigenvalue weighted by Gasteiger charge is -2.29. The van der Waals surface area contributed by atoms with Crippen molar-refractivity contribution >= 4 is 172 Å². The molecule has 0 spiro atoms. The van der Waals surface area contributed by atoms with Gasteiger partial charge in [0.15, 0.2) is 18.3 Å². The molecule has 0 amide bonds. The Morgan fingerprint density at radius 1 is 0.427 bits per heavy atom. The van der Waals surface area contributed by atoms with Gasteiger partial charge in [-0.3, -0.25) is 19.9 Å². The maximum Gasteiger partial charge on any atom is 0.339 e. The maximum absolute atomic E-state index is 13.5. The van der Waals surface area contributed by atoms with Crippen molar-refractivity contribution in [2.45, 2.75) is 166 Å². The van der Waals surface area contributed by atoms with Gasteiger partial charge in [0.1, 0.15) is 32.0 Å². The van der Waals surface area contributed by atoms with Gasteiger partial charge in [0.05, 0.1) is 83.4 Å². The highest BCUT2D eigenvalue weighted by Gasteiger charge is 2.38. The molecule has 0 fully saturated rings. The van der Waals surface area contributed by atoms with Crippen LogP contribution in [-0.4, -0.2) is 117 Å². The van der Waals surface area contributed by atoms with Crippen molar-refractivity contribution in [1.82, 2.24) is 64.0 Å². The Labute approximate surface area is 865 Å². The summed E-state index contributed by atoms with van der Waals surface area (Å²) < 4.78 is 38.0. The first-order chi connectivity index (χ1) is 68.1. The molecule has 143 heavy (non-hydrogen) atoms. The molecule has 728 valence electrons. The van der Waals surface area contributed by atoms with E-state index < -0.39 is 53.0 Å². The number of nitrogens with one attached hydrogen (secondary N) is 1. The summed E-state index contributed by atoms with van der Waals surface area (Å²) in [6.07, 6.45) is 13.0. The summed E-state index contributed by atoms with van der Waals surface area (Å²) in [5.74, 6) is -1.89. The maximum atomic E-state index is 13.5. The Bertz CT molecular complexity index is 8170. The summed E-state index contributed by atoms with van der Waals surface area (Å²) in [6.45, 7) is 35.5. The quantitative estimate of drug-likeness (QED) is 0.0671. The number of fused-ring (bicyclic) bond motifs is 7.